The van der Waals surface area contributed by atoms with Crippen LogP contribution in [0, 0.1) is 0 Å². The first-order chi connectivity index (χ1) is 9.56. The van der Waals surface area contributed by atoms with E-state index in [1.165, 1.54) is 0 Å². The molecule has 0 unspecified atom stereocenters. The number of nitrogens with two attached hydrogens (primary N) is 1. The van der Waals surface area contributed by atoms with Gasteiger partial charge in [-0.15, -0.1) is 0 Å². The predicted molar refractivity (Wildman–Crippen MR) is 86.8 cm³/mol. The fraction of sp³-hybridized carbons (Fsp3) is 0.0714. The molecule has 2 rings (SSSR count). The molecular weight excluding hydrogens is 388 g/mol. The summed E-state index contributed by atoms with van der Waals surface area (Å²) >= 11 is 6.76. The molecule has 0 saturated heterocycles. The van der Waals surface area contributed by atoms with Crippen LogP contribution in [0.1, 0.15) is 0 Å². The van der Waals surface area contributed by atoms with Gasteiger partial charge in [-0.1, -0.05) is 6.07 Å². The lowest BCUT2D eigenvalue weighted by atomic mass is 10.3. The van der Waals surface area contributed by atoms with Crippen molar-refractivity contribution >= 4 is 49.1 Å². The second-order valence-corrected chi connectivity index (χ2v) is 5.71. The van der Waals surface area contributed by atoms with Gasteiger partial charge in [0.25, 0.3) is 5.91 Å². The number of para-hydroxylation sites is 1. The molecule has 1 amide bonds. The molecule has 0 aromatic heterocycles. The zero-order chi connectivity index (χ0) is 14.5. The van der Waals surface area contributed by atoms with Gasteiger partial charge in [-0.2, -0.15) is 0 Å². The number of benzene rings is 2. The maximum atomic E-state index is 11.9. The molecular formula is C14H12Br2N2O2. The van der Waals surface area contributed by atoms with E-state index in [-0.39, 0.29) is 12.5 Å². The van der Waals surface area contributed by atoms with E-state index in [1.807, 2.05) is 18.2 Å². The Kier molecular flexibility index (Phi) is 5.03. The summed E-state index contributed by atoms with van der Waals surface area (Å²) in [5.74, 6) is 0.356. The van der Waals surface area contributed by atoms with E-state index in [1.54, 1.807) is 24.3 Å². The van der Waals surface area contributed by atoms with E-state index < -0.39 is 0 Å². The van der Waals surface area contributed by atoms with Crippen LogP contribution < -0.4 is 15.8 Å². The van der Waals surface area contributed by atoms with Crippen LogP contribution in [-0.2, 0) is 4.79 Å². The van der Waals surface area contributed by atoms with Crippen molar-refractivity contribution in [3.8, 4) is 5.75 Å². The summed E-state index contributed by atoms with van der Waals surface area (Å²) in [5.41, 5.74) is 6.90. The Hall–Kier alpha value is -1.53. The van der Waals surface area contributed by atoms with Crippen molar-refractivity contribution in [1.82, 2.24) is 0 Å². The Morgan fingerprint density at radius 1 is 1.10 bits per heavy atom. The fourth-order valence-corrected chi connectivity index (χ4v) is 2.70. The van der Waals surface area contributed by atoms with Gasteiger partial charge in [-0.3, -0.25) is 4.79 Å². The number of nitrogens with one attached hydrogen (secondary N) is 1. The Bertz CT molecular complexity index is 595. The lowest BCUT2D eigenvalue weighted by Gasteiger charge is -2.10. The Morgan fingerprint density at radius 2 is 1.70 bits per heavy atom. The molecule has 0 heterocycles. The van der Waals surface area contributed by atoms with E-state index in [0.29, 0.717) is 17.1 Å². The van der Waals surface area contributed by atoms with Crippen LogP contribution in [0.2, 0.25) is 0 Å². The predicted octanol–water partition coefficient (Wildman–Crippen LogP) is 3.81. The van der Waals surface area contributed by atoms with Gasteiger partial charge in [0, 0.05) is 14.6 Å². The molecule has 2 aromatic rings. The highest BCUT2D eigenvalue weighted by atomic mass is 79.9. The van der Waals surface area contributed by atoms with Gasteiger partial charge in [0.1, 0.15) is 5.75 Å². The normalized spacial score (nSPS) is 10.1. The number of ether oxygens (including phenoxy) is 1. The zero-order valence-electron chi connectivity index (χ0n) is 10.4. The van der Waals surface area contributed by atoms with Crippen molar-refractivity contribution in [3.05, 3.63) is 51.4 Å². The number of anilines is 2. The van der Waals surface area contributed by atoms with Gasteiger partial charge in [-0.25, -0.2) is 0 Å². The van der Waals surface area contributed by atoms with E-state index in [4.69, 9.17) is 10.5 Å². The van der Waals surface area contributed by atoms with Gasteiger partial charge in [-0.05, 0) is 68.3 Å². The Labute approximate surface area is 133 Å². The van der Waals surface area contributed by atoms with Crippen molar-refractivity contribution < 1.29 is 9.53 Å². The zero-order valence-corrected chi connectivity index (χ0v) is 13.6. The molecule has 20 heavy (non-hydrogen) atoms. The molecule has 0 aliphatic heterocycles. The molecule has 0 saturated carbocycles. The first kappa shape index (κ1) is 14.9. The summed E-state index contributed by atoms with van der Waals surface area (Å²) in [5, 5.41) is 2.78. The summed E-state index contributed by atoms with van der Waals surface area (Å²) in [7, 11) is 0. The monoisotopic (exact) mass is 398 g/mol. The van der Waals surface area contributed by atoms with E-state index in [9.17, 15) is 4.79 Å². The third-order valence-electron chi connectivity index (χ3n) is 2.48. The molecule has 4 nitrogen and oxygen atoms in total. The average molecular weight is 400 g/mol. The smallest absolute Gasteiger partial charge is 0.262 e. The van der Waals surface area contributed by atoms with E-state index in [0.717, 1.165) is 8.95 Å². The molecule has 0 bridgehead atoms. The highest BCUT2D eigenvalue weighted by Crippen LogP contribution is 2.30. The van der Waals surface area contributed by atoms with Crippen LogP contribution in [0.5, 0.6) is 5.75 Å². The van der Waals surface area contributed by atoms with Gasteiger partial charge >= 0.3 is 0 Å². The molecule has 2 aromatic carbocycles. The van der Waals surface area contributed by atoms with Gasteiger partial charge < -0.3 is 15.8 Å². The number of halogens is 2. The van der Waals surface area contributed by atoms with Crippen LogP contribution >= 0.6 is 31.9 Å². The molecule has 3 N–H and O–H groups in total. The number of amides is 1. The SMILES string of the molecule is Nc1ccc(OCC(=O)Nc2c(Br)cccc2Br)cc1. The average Bonchev–Trinajstić information content (AvgIpc) is 2.42. The van der Waals surface area contributed by atoms with Gasteiger partial charge in [0.05, 0.1) is 5.69 Å². The third-order valence-corrected chi connectivity index (χ3v) is 3.80. The standard InChI is InChI=1S/C14H12Br2N2O2/c15-11-2-1-3-12(16)14(11)18-13(19)8-20-10-6-4-9(17)5-7-10/h1-7H,8,17H2,(H,18,19). The molecule has 0 spiro atoms. The highest BCUT2D eigenvalue weighted by molar-refractivity contribution is 9.11. The lowest BCUT2D eigenvalue weighted by molar-refractivity contribution is -0.118. The maximum Gasteiger partial charge on any atom is 0.262 e. The van der Waals surface area contributed by atoms with Crippen molar-refractivity contribution in [3.63, 3.8) is 0 Å². The highest BCUT2D eigenvalue weighted by Gasteiger charge is 2.09. The lowest BCUT2D eigenvalue weighted by Crippen LogP contribution is -2.20. The molecule has 104 valence electrons. The molecule has 0 aliphatic rings. The van der Waals surface area contributed by atoms with Crippen molar-refractivity contribution in [1.29, 1.82) is 0 Å². The summed E-state index contributed by atoms with van der Waals surface area (Å²) in [6.07, 6.45) is 0. The molecule has 0 fully saturated rings. The number of carbonyl (C=O) groups excluding carboxylic acids is 1. The second kappa shape index (κ2) is 6.76. The molecule has 0 aliphatic carbocycles. The minimum atomic E-state index is -0.241. The Morgan fingerprint density at radius 3 is 2.30 bits per heavy atom. The minimum absolute atomic E-state index is 0.0717. The van der Waals surface area contributed by atoms with Gasteiger partial charge in [0.2, 0.25) is 0 Å². The number of carbonyl (C=O) groups is 1. The summed E-state index contributed by atoms with van der Waals surface area (Å²) in [6, 6.07) is 12.4. The summed E-state index contributed by atoms with van der Waals surface area (Å²) < 4.78 is 6.97. The first-order valence-electron chi connectivity index (χ1n) is 5.78. The van der Waals surface area contributed by atoms with Crippen molar-refractivity contribution in [2.75, 3.05) is 17.7 Å². The summed E-state index contributed by atoms with van der Waals surface area (Å²) in [6.45, 7) is -0.0717. The first-order valence-corrected chi connectivity index (χ1v) is 7.37. The number of hydrogen-bond donors (Lipinski definition) is 2. The largest absolute Gasteiger partial charge is 0.484 e. The molecule has 0 atom stereocenters. The summed E-state index contributed by atoms with van der Waals surface area (Å²) in [4.78, 5) is 11.9. The second-order valence-electron chi connectivity index (χ2n) is 4.00. The number of rotatable bonds is 4. The van der Waals surface area contributed by atoms with Crippen LogP contribution in [0.25, 0.3) is 0 Å². The maximum absolute atomic E-state index is 11.9. The number of nitrogen functional groups attached to an aromatic ring is 1. The minimum Gasteiger partial charge on any atom is -0.484 e. The van der Waals surface area contributed by atoms with Crippen LogP contribution in [-0.4, -0.2) is 12.5 Å². The molecule has 0 radical (unpaired) electrons. The fourth-order valence-electron chi connectivity index (χ4n) is 1.51. The quantitative estimate of drug-likeness (QED) is 0.768. The van der Waals surface area contributed by atoms with Crippen LogP contribution in [0.3, 0.4) is 0 Å². The topological polar surface area (TPSA) is 64.3 Å². The van der Waals surface area contributed by atoms with Crippen LogP contribution in [0.15, 0.2) is 51.4 Å². The van der Waals surface area contributed by atoms with Crippen molar-refractivity contribution in [2.45, 2.75) is 0 Å². The van der Waals surface area contributed by atoms with Gasteiger partial charge in [0.15, 0.2) is 6.61 Å². The van der Waals surface area contributed by atoms with E-state index in [2.05, 4.69) is 37.2 Å². The third kappa shape index (κ3) is 3.98. The van der Waals surface area contributed by atoms with Crippen molar-refractivity contribution in [2.24, 2.45) is 0 Å². The number of hydrogen-bond acceptors (Lipinski definition) is 3. The Balaban J connectivity index is 1.94. The molecule has 6 heteroatoms. The van der Waals surface area contributed by atoms with E-state index >= 15 is 0 Å². The van der Waals surface area contributed by atoms with Crippen LogP contribution in [0.4, 0.5) is 11.4 Å².